The van der Waals surface area contributed by atoms with E-state index >= 15 is 0 Å². The number of hydrogen-bond acceptors (Lipinski definition) is 5. The SMILES string of the molecule is COc1cc(S(=O)(=O)N2CCOCC2)ccc1NC(=S)NCCc1ccccc1. The van der Waals surface area contributed by atoms with Crippen LogP contribution in [0.2, 0.25) is 0 Å². The van der Waals surface area contributed by atoms with E-state index in [1.54, 1.807) is 12.1 Å². The van der Waals surface area contributed by atoms with E-state index in [-0.39, 0.29) is 4.90 Å². The highest BCUT2D eigenvalue weighted by atomic mass is 32.2. The second kappa shape index (κ2) is 10.0. The van der Waals surface area contributed by atoms with Gasteiger partial charge in [0.1, 0.15) is 5.75 Å². The second-order valence-corrected chi connectivity index (χ2v) is 8.84. The van der Waals surface area contributed by atoms with E-state index in [4.69, 9.17) is 21.7 Å². The molecule has 3 rings (SSSR count). The third-order valence-corrected chi connectivity index (χ3v) is 6.71. The Morgan fingerprint density at radius 1 is 1.17 bits per heavy atom. The van der Waals surface area contributed by atoms with Crippen molar-refractivity contribution in [3.05, 3.63) is 54.1 Å². The zero-order valence-electron chi connectivity index (χ0n) is 16.3. The Hall–Kier alpha value is -2.20. The number of thiocarbonyl (C=S) groups is 1. The number of hydrogen-bond donors (Lipinski definition) is 2. The molecule has 1 heterocycles. The van der Waals surface area contributed by atoms with Gasteiger partial charge in [0.2, 0.25) is 10.0 Å². The molecule has 2 N–H and O–H groups in total. The number of nitrogens with zero attached hydrogens (tertiary/aromatic N) is 1. The molecule has 0 aliphatic carbocycles. The molecule has 1 fully saturated rings. The predicted molar refractivity (Wildman–Crippen MR) is 117 cm³/mol. The average molecular weight is 436 g/mol. The number of morpholine rings is 1. The van der Waals surface area contributed by atoms with Crippen molar-refractivity contribution in [2.24, 2.45) is 0 Å². The van der Waals surface area contributed by atoms with Crippen molar-refractivity contribution in [3.8, 4) is 5.75 Å². The highest BCUT2D eigenvalue weighted by Gasteiger charge is 2.27. The van der Waals surface area contributed by atoms with Crippen molar-refractivity contribution in [3.63, 3.8) is 0 Å². The van der Waals surface area contributed by atoms with Gasteiger partial charge < -0.3 is 20.1 Å². The van der Waals surface area contributed by atoms with Crippen LogP contribution in [-0.4, -0.2) is 57.8 Å². The zero-order chi connectivity index (χ0) is 20.7. The molecular weight excluding hydrogens is 410 g/mol. The molecule has 156 valence electrons. The van der Waals surface area contributed by atoms with Gasteiger partial charge in [-0.05, 0) is 36.3 Å². The molecule has 9 heteroatoms. The van der Waals surface area contributed by atoms with Gasteiger partial charge in [-0.2, -0.15) is 4.31 Å². The smallest absolute Gasteiger partial charge is 0.243 e. The Kier molecular flexibility index (Phi) is 7.43. The van der Waals surface area contributed by atoms with Crippen molar-refractivity contribution in [1.82, 2.24) is 9.62 Å². The lowest BCUT2D eigenvalue weighted by Crippen LogP contribution is -2.40. The van der Waals surface area contributed by atoms with E-state index < -0.39 is 10.0 Å². The fraction of sp³-hybridized carbons (Fsp3) is 0.350. The zero-order valence-corrected chi connectivity index (χ0v) is 17.9. The molecular formula is C20H25N3O4S2. The summed E-state index contributed by atoms with van der Waals surface area (Å²) in [5, 5.41) is 6.67. The van der Waals surface area contributed by atoms with Crippen LogP contribution >= 0.6 is 12.2 Å². The lowest BCUT2D eigenvalue weighted by Gasteiger charge is -2.26. The van der Waals surface area contributed by atoms with Crippen LogP contribution in [-0.2, 0) is 21.2 Å². The molecule has 1 aliphatic heterocycles. The maximum absolute atomic E-state index is 12.8. The standard InChI is InChI=1S/C20H25N3O4S2/c1-26-19-15-17(29(24,25)23-11-13-27-14-12-23)7-8-18(19)22-20(28)21-10-9-16-5-3-2-4-6-16/h2-8,15H,9-14H2,1H3,(H2,21,22,28). The summed E-state index contributed by atoms with van der Waals surface area (Å²) in [5.74, 6) is 0.409. The minimum atomic E-state index is -3.59. The number of benzene rings is 2. The highest BCUT2D eigenvalue weighted by molar-refractivity contribution is 7.89. The lowest BCUT2D eigenvalue weighted by molar-refractivity contribution is 0.0730. The molecule has 1 aliphatic rings. The minimum Gasteiger partial charge on any atom is -0.495 e. The van der Waals surface area contributed by atoms with Crippen molar-refractivity contribution in [2.75, 3.05) is 45.3 Å². The third-order valence-electron chi connectivity index (χ3n) is 4.57. The Balaban J connectivity index is 1.63. The van der Waals surface area contributed by atoms with Crippen molar-refractivity contribution < 1.29 is 17.9 Å². The van der Waals surface area contributed by atoms with Crippen LogP contribution in [0.1, 0.15) is 5.56 Å². The molecule has 0 unspecified atom stereocenters. The molecule has 1 saturated heterocycles. The highest BCUT2D eigenvalue weighted by Crippen LogP contribution is 2.29. The molecule has 2 aromatic carbocycles. The first-order valence-electron chi connectivity index (χ1n) is 9.35. The quantitative estimate of drug-likeness (QED) is 0.646. The minimum absolute atomic E-state index is 0.185. The molecule has 2 aromatic rings. The van der Waals surface area contributed by atoms with E-state index in [1.165, 1.54) is 23.0 Å². The average Bonchev–Trinajstić information content (AvgIpc) is 2.75. The van der Waals surface area contributed by atoms with E-state index in [0.29, 0.717) is 49.4 Å². The van der Waals surface area contributed by atoms with Crippen LogP contribution in [0, 0.1) is 0 Å². The van der Waals surface area contributed by atoms with E-state index in [9.17, 15) is 8.42 Å². The van der Waals surface area contributed by atoms with Gasteiger partial charge >= 0.3 is 0 Å². The van der Waals surface area contributed by atoms with E-state index in [2.05, 4.69) is 22.8 Å². The normalized spacial score (nSPS) is 14.9. The number of ether oxygens (including phenoxy) is 2. The van der Waals surface area contributed by atoms with Crippen molar-refractivity contribution in [2.45, 2.75) is 11.3 Å². The van der Waals surface area contributed by atoms with Gasteiger partial charge in [-0.15, -0.1) is 0 Å². The Morgan fingerprint density at radius 2 is 1.90 bits per heavy atom. The van der Waals surface area contributed by atoms with Gasteiger partial charge in [-0.3, -0.25) is 0 Å². The summed E-state index contributed by atoms with van der Waals surface area (Å²) in [6, 6.07) is 14.9. The second-order valence-electron chi connectivity index (χ2n) is 6.50. The van der Waals surface area contributed by atoms with Gasteiger partial charge in [-0.25, -0.2) is 8.42 Å². The molecule has 0 atom stereocenters. The van der Waals surface area contributed by atoms with Gasteiger partial charge in [0, 0.05) is 25.7 Å². The summed E-state index contributed by atoms with van der Waals surface area (Å²) in [6.07, 6.45) is 0.844. The molecule has 0 amide bonds. The fourth-order valence-corrected chi connectivity index (χ4v) is 4.64. The van der Waals surface area contributed by atoms with Crippen LogP contribution in [0.4, 0.5) is 5.69 Å². The van der Waals surface area contributed by atoms with Gasteiger partial charge in [0.25, 0.3) is 0 Å². The summed E-state index contributed by atoms with van der Waals surface area (Å²) in [6.45, 7) is 2.18. The van der Waals surface area contributed by atoms with E-state index in [1.807, 2.05) is 18.2 Å². The summed E-state index contributed by atoms with van der Waals surface area (Å²) >= 11 is 5.35. The molecule has 7 nitrogen and oxygen atoms in total. The molecule has 0 spiro atoms. The maximum Gasteiger partial charge on any atom is 0.243 e. The van der Waals surface area contributed by atoms with Crippen LogP contribution in [0.25, 0.3) is 0 Å². The van der Waals surface area contributed by atoms with Crippen molar-refractivity contribution in [1.29, 1.82) is 0 Å². The largest absolute Gasteiger partial charge is 0.495 e. The van der Waals surface area contributed by atoms with Crippen LogP contribution < -0.4 is 15.4 Å². The number of rotatable bonds is 7. The molecule has 29 heavy (non-hydrogen) atoms. The molecule has 0 aromatic heterocycles. The summed E-state index contributed by atoms with van der Waals surface area (Å²) in [5.41, 5.74) is 1.82. The Labute approximate surface area is 177 Å². The number of methoxy groups -OCH3 is 1. The summed E-state index contributed by atoms with van der Waals surface area (Å²) in [4.78, 5) is 0.185. The van der Waals surface area contributed by atoms with Gasteiger partial charge in [-0.1, -0.05) is 30.3 Å². The number of nitrogens with one attached hydrogen (secondary N) is 2. The van der Waals surface area contributed by atoms with Crippen molar-refractivity contribution >= 4 is 33.0 Å². The Bertz CT molecular complexity index is 930. The molecule has 0 radical (unpaired) electrons. The van der Waals surface area contributed by atoms with Crippen LogP contribution in [0.3, 0.4) is 0 Å². The third kappa shape index (κ3) is 5.66. The summed E-state index contributed by atoms with van der Waals surface area (Å²) in [7, 11) is -2.09. The molecule has 0 bridgehead atoms. The monoisotopic (exact) mass is 435 g/mol. The van der Waals surface area contributed by atoms with Gasteiger partial charge in [0.15, 0.2) is 5.11 Å². The fourth-order valence-electron chi connectivity index (χ4n) is 3.00. The molecule has 0 saturated carbocycles. The van der Waals surface area contributed by atoms with E-state index in [0.717, 1.165) is 6.42 Å². The predicted octanol–water partition coefficient (Wildman–Crippen LogP) is 2.25. The number of anilines is 1. The first-order chi connectivity index (χ1) is 14.0. The first kappa shape index (κ1) is 21.5. The topological polar surface area (TPSA) is 79.9 Å². The Morgan fingerprint density at radius 3 is 2.59 bits per heavy atom. The summed E-state index contributed by atoms with van der Waals surface area (Å²) < 4.78 is 37.7. The number of sulfonamides is 1. The lowest BCUT2D eigenvalue weighted by atomic mass is 10.1. The maximum atomic E-state index is 12.8. The van der Waals surface area contributed by atoms with Crippen LogP contribution in [0.15, 0.2) is 53.4 Å². The van der Waals surface area contributed by atoms with Gasteiger partial charge in [0.05, 0.1) is 30.9 Å². The first-order valence-corrected chi connectivity index (χ1v) is 11.2. The van der Waals surface area contributed by atoms with Crippen LogP contribution in [0.5, 0.6) is 5.75 Å².